The molecular formula is C16H20ClN5OS. The summed E-state index contributed by atoms with van der Waals surface area (Å²) in [6.07, 6.45) is 2.31. The first kappa shape index (κ1) is 17.1. The standard InChI is InChI=1S/C16H20ClN5OS/c1-2-18-14(23)11-24-16-20-19-15(21-8-3-4-9-21)22(16)13-7-5-6-12(17)10-13/h5-7,10H,2-4,8-9,11H2,1H3,(H,18,23). The minimum atomic E-state index is -0.00846. The van der Waals surface area contributed by atoms with Crippen LogP contribution in [0.2, 0.25) is 5.02 Å². The highest BCUT2D eigenvalue weighted by atomic mass is 35.5. The maximum atomic E-state index is 11.8. The van der Waals surface area contributed by atoms with Crippen molar-refractivity contribution in [1.82, 2.24) is 20.1 Å². The molecule has 1 saturated heterocycles. The summed E-state index contributed by atoms with van der Waals surface area (Å²) in [7, 11) is 0. The topological polar surface area (TPSA) is 63.1 Å². The highest BCUT2D eigenvalue weighted by Gasteiger charge is 2.22. The molecule has 0 aliphatic carbocycles. The molecule has 2 heterocycles. The number of carbonyl (C=O) groups is 1. The van der Waals surface area contributed by atoms with Crippen LogP contribution in [0.4, 0.5) is 5.95 Å². The Morgan fingerprint density at radius 2 is 2.12 bits per heavy atom. The Kier molecular flexibility index (Phi) is 5.63. The van der Waals surface area contributed by atoms with Crippen LogP contribution in [-0.4, -0.2) is 46.1 Å². The summed E-state index contributed by atoms with van der Waals surface area (Å²) in [5, 5.41) is 12.8. The number of rotatable bonds is 6. The number of aromatic nitrogens is 3. The van der Waals surface area contributed by atoms with Gasteiger partial charge in [-0.3, -0.25) is 9.36 Å². The Bertz CT molecular complexity index is 714. The number of nitrogens with one attached hydrogen (secondary N) is 1. The number of amides is 1. The van der Waals surface area contributed by atoms with Crippen molar-refractivity contribution in [3.8, 4) is 5.69 Å². The van der Waals surface area contributed by atoms with E-state index >= 15 is 0 Å². The van der Waals surface area contributed by atoms with Gasteiger partial charge in [0.1, 0.15) is 0 Å². The lowest BCUT2D eigenvalue weighted by molar-refractivity contribution is -0.118. The summed E-state index contributed by atoms with van der Waals surface area (Å²) in [5.41, 5.74) is 0.910. The third-order valence-electron chi connectivity index (χ3n) is 3.78. The van der Waals surface area contributed by atoms with E-state index in [0.29, 0.717) is 22.5 Å². The van der Waals surface area contributed by atoms with Crippen molar-refractivity contribution < 1.29 is 4.79 Å². The zero-order valence-electron chi connectivity index (χ0n) is 13.5. The van der Waals surface area contributed by atoms with E-state index in [1.807, 2.05) is 35.8 Å². The molecule has 6 nitrogen and oxygen atoms in total. The van der Waals surface area contributed by atoms with Crippen molar-refractivity contribution in [3.05, 3.63) is 29.3 Å². The van der Waals surface area contributed by atoms with E-state index in [2.05, 4.69) is 20.4 Å². The first-order chi connectivity index (χ1) is 11.7. The van der Waals surface area contributed by atoms with Crippen LogP contribution in [0.5, 0.6) is 0 Å². The first-order valence-corrected chi connectivity index (χ1v) is 9.41. The van der Waals surface area contributed by atoms with Crippen molar-refractivity contribution >= 4 is 35.2 Å². The zero-order valence-corrected chi connectivity index (χ0v) is 15.1. The second kappa shape index (κ2) is 7.90. The molecule has 2 aromatic rings. The summed E-state index contributed by atoms with van der Waals surface area (Å²) in [6, 6.07) is 7.61. The maximum Gasteiger partial charge on any atom is 0.232 e. The second-order valence-electron chi connectivity index (χ2n) is 5.53. The average molecular weight is 366 g/mol. The fourth-order valence-electron chi connectivity index (χ4n) is 2.70. The van der Waals surface area contributed by atoms with Crippen molar-refractivity contribution in [2.24, 2.45) is 0 Å². The second-order valence-corrected chi connectivity index (χ2v) is 6.91. The van der Waals surface area contributed by atoms with Gasteiger partial charge in [-0.1, -0.05) is 29.4 Å². The third-order valence-corrected chi connectivity index (χ3v) is 4.94. The Balaban J connectivity index is 1.92. The molecule has 1 aliphatic rings. The van der Waals surface area contributed by atoms with Gasteiger partial charge in [0.15, 0.2) is 5.16 Å². The van der Waals surface area contributed by atoms with Gasteiger partial charge in [-0.2, -0.15) is 0 Å². The van der Waals surface area contributed by atoms with Gasteiger partial charge in [-0.25, -0.2) is 0 Å². The van der Waals surface area contributed by atoms with Crippen LogP contribution >= 0.6 is 23.4 Å². The number of anilines is 1. The predicted octanol–water partition coefficient (Wildman–Crippen LogP) is 2.75. The van der Waals surface area contributed by atoms with Gasteiger partial charge >= 0.3 is 0 Å². The normalized spacial score (nSPS) is 14.2. The fraction of sp³-hybridized carbons (Fsp3) is 0.438. The van der Waals surface area contributed by atoms with Gasteiger partial charge in [-0.05, 0) is 38.0 Å². The molecule has 1 aliphatic heterocycles. The van der Waals surface area contributed by atoms with Gasteiger partial charge in [0, 0.05) is 24.7 Å². The van der Waals surface area contributed by atoms with Crippen LogP contribution in [0.3, 0.4) is 0 Å². The van der Waals surface area contributed by atoms with Crippen molar-refractivity contribution in [1.29, 1.82) is 0 Å². The van der Waals surface area contributed by atoms with Gasteiger partial charge in [0.2, 0.25) is 11.9 Å². The SMILES string of the molecule is CCNC(=O)CSc1nnc(N2CCCC2)n1-c1cccc(Cl)c1. The Morgan fingerprint density at radius 1 is 1.33 bits per heavy atom. The van der Waals surface area contributed by atoms with Crippen molar-refractivity contribution in [3.63, 3.8) is 0 Å². The van der Waals surface area contributed by atoms with E-state index in [1.54, 1.807) is 0 Å². The monoisotopic (exact) mass is 365 g/mol. The molecule has 0 bridgehead atoms. The average Bonchev–Trinajstić information content (AvgIpc) is 3.22. The Morgan fingerprint density at radius 3 is 2.83 bits per heavy atom. The maximum absolute atomic E-state index is 11.8. The third kappa shape index (κ3) is 3.84. The van der Waals surface area contributed by atoms with Crippen molar-refractivity contribution in [2.45, 2.75) is 24.9 Å². The first-order valence-electron chi connectivity index (χ1n) is 8.05. The van der Waals surface area contributed by atoms with Crippen LogP contribution in [-0.2, 0) is 4.79 Å². The van der Waals surface area contributed by atoms with Gasteiger partial charge < -0.3 is 10.2 Å². The van der Waals surface area contributed by atoms with Crippen LogP contribution in [0.25, 0.3) is 5.69 Å². The number of carbonyl (C=O) groups excluding carboxylic acids is 1. The summed E-state index contributed by atoms with van der Waals surface area (Å²) in [6.45, 7) is 4.47. The summed E-state index contributed by atoms with van der Waals surface area (Å²) in [4.78, 5) is 14.0. The molecule has 0 saturated carbocycles. The predicted molar refractivity (Wildman–Crippen MR) is 97.2 cm³/mol. The lowest BCUT2D eigenvalue weighted by atomic mass is 10.3. The van der Waals surface area contributed by atoms with E-state index in [-0.39, 0.29) is 5.91 Å². The van der Waals surface area contributed by atoms with Crippen LogP contribution < -0.4 is 10.2 Å². The van der Waals surface area contributed by atoms with E-state index in [0.717, 1.165) is 37.6 Å². The van der Waals surface area contributed by atoms with Gasteiger partial charge in [0.25, 0.3) is 0 Å². The molecule has 0 spiro atoms. The van der Waals surface area contributed by atoms with Crippen LogP contribution in [0, 0.1) is 0 Å². The van der Waals surface area contributed by atoms with Crippen LogP contribution in [0.15, 0.2) is 29.4 Å². The summed E-state index contributed by atoms with van der Waals surface area (Å²) < 4.78 is 1.99. The molecule has 24 heavy (non-hydrogen) atoms. The molecular weight excluding hydrogens is 346 g/mol. The number of thioether (sulfide) groups is 1. The Labute approximate surface area is 150 Å². The highest BCUT2D eigenvalue weighted by molar-refractivity contribution is 7.99. The molecule has 0 radical (unpaired) electrons. The van der Waals surface area contributed by atoms with E-state index < -0.39 is 0 Å². The van der Waals surface area contributed by atoms with Crippen molar-refractivity contribution in [2.75, 3.05) is 30.3 Å². The smallest absolute Gasteiger partial charge is 0.232 e. The number of nitrogens with zero attached hydrogens (tertiary/aromatic N) is 4. The zero-order chi connectivity index (χ0) is 16.9. The van der Waals surface area contributed by atoms with E-state index in [9.17, 15) is 4.79 Å². The lowest BCUT2D eigenvalue weighted by Gasteiger charge is -2.18. The molecule has 3 rings (SSSR count). The van der Waals surface area contributed by atoms with Crippen LogP contribution in [0.1, 0.15) is 19.8 Å². The van der Waals surface area contributed by atoms with E-state index in [1.165, 1.54) is 11.8 Å². The summed E-state index contributed by atoms with van der Waals surface area (Å²) in [5.74, 6) is 1.12. The molecule has 0 atom stereocenters. The quantitative estimate of drug-likeness (QED) is 0.797. The van der Waals surface area contributed by atoms with E-state index in [4.69, 9.17) is 11.6 Å². The minimum absolute atomic E-state index is 0.00846. The lowest BCUT2D eigenvalue weighted by Crippen LogP contribution is -2.24. The molecule has 8 heteroatoms. The fourth-order valence-corrected chi connectivity index (χ4v) is 3.66. The number of halogens is 1. The molecule has 0 unspecified atom stereocenters. The molecule has 128 valence electrons. The molecule has 1 aromatic heterocycles. The number of hydrogen-bond donors (Lipinski definition) is 1. The molecule has 1 fully saturated rings. The molecule has 1 aromatic carbocycles. The minimum Gasteiger partial charge on any atom is -0.356 e. The van der Waals surface area contributed by atoms with Gasteiger partial charge in [-0.15, -0.1) is 10.2 Å². The molecule has 1 amide bonds. The number of benzene rings is 1. The summed E-state index contributed by atoms with van der Waals surface area (Å²) >= 11 is 7.54. The highest BCUT2D eigenvalue weighted by Crippen LogP contribution is 2.29. The Hall–Kier alpha value is -1.73. The molecule has 1 N–H and O–H groups in total. The van der Waals surface area contributed by atoms with Gasteiger partial charge in [0.05, 0.1) is 11.4 Å². The largest absolute Gasteiger partial charge is 0.356 e. The number of hydrogen-bond acceptors (Lipinski definition) is 5.